The monoisotopic (exact) mass is 95.0 g/mol. The number of hydrogen-bond acceptors (Lipinski definition) is 2. The number of carbonyl (C=O) groups excluding carboxylic acids is 1. The Morgan fingerprint density at radius 3 is 2.57 bits per heavy atom. The van der Waals surface area contributed by atoms with Gasteiger partial charge in [-0.2, -0.15) is 5.26 Å². The van der Waals surface area contributed by atoms with E-state index in [-0.39, 0.29) is 0 Å². The highest BCUT2D eigenvalue weighted by molar-refractivity contribution is 5.72. The SMILES string of the molecule is C/C(C=O)=C/C#N. The summed E-state index contributed by atoms with van der Waals surface area (Å²) in [7, 11) is 0. The third kappa shape index (κ3) is 2.71. The molecule has 0 N–H and O–H groups in total. The summed E-state index contributed by atoms with van der Waals surface area (Å²) in [5.74, 6) is 0. The van der Waals surface area contributed by atoms with Crippen molar-refractivity contribution in [3.63, 3.8) is 0 Å². The molecule has 0 bridgehead atoms. The first-order chi connectivity index (χ1) is 3.31. The Morgan fingerprint density at radius 1 is 1.86 bits per heavy atom. The van der Waals surface area contributed by atoms with Gasteiger partial charge in [0.1, 0.15) is 6.29 Å². The van der Waals surface area contributed by atoms with E-state index in [1.54, 1.807) is 13.0 Å². The van der Waals surface area contributed by atoms with Crippen LogP contribution < -0.4 is 0 Å². The minimum atomic E-state index is 0.461. The highest BCUT2D eigenvalue weighted by Gasteiger charge is 1.76. The molecule has 0 saturated heterocycles. The third-order valence-corrected chi connectivity index (χ3v) is 0.478. The summed E-state index contributed by atoms with van der Waals surface area (Å²) in [4.78, 5) is 9.68. The van der Waals surface area contributed by atoms with Crippen LogP contribution in [0.4, 0.5) is 0 Å². The Labute approximate surface area is 42.1 Å². The lowest BCUT2D eigenvalue weighted by atomic mass is 10.3. The maximum absolute atomic E-state index is 9.68. The molecular weight excluding hydrogens is 90.1 g/mol. The van der Waals surface area contributed by atoms with Crippen molar-refractivity contribution >= 4 is 6.29 Å². The fourth-order valence-corrected chi connectivity index (χ4v) is 0.136. The average Bonchev–Trinajstić information content (AvgIpc) is 1.68. The van der Waals surface area contributed by atoms with Gasteiger partial charge in [0.25, 0.3) is 0 Å². The van der Waals surface area contributed by atoms with Crippen molar-refractivity contribution < 1.29 is 4.79 Å². The predicted molar refractivity (Wildman–Crippen MR) is 25.4 cm³/mol. The van der Waals surface area contributed by atoms with E-state index in [9.17, 15) is 4.79 Å². The summed E-state index contributed by atoms with van der Waals surface area (Å²) < 4.78 is 0. The van der Waals surface area contributed by atoms with Crippen molar-refractivity contribution in [1.82, 2.24) is 0 Å². The molecular formula is C5H5NO. The number of allylic oxidation sites excluding steroid dienone is 2. The quantitative estimate of drug-likeness (QED) is 0.272. The van der Waals surface area contributed by atoms with Crippen molar-refractivity contribution in [2.45, 2.75) is 6.92 Å². The molecule has 0 aliphatic carbocycles. The van der Waals surface area contributed by atoms with Gasteiger partial charge in [0.15, 0.2) is 0 Å². The molecule has 0 atom stereocenters. The normalized spacial score (nSPS) is 10.0. The molecule has 36 valence electrons. The van der Waals surface area contributed by atoms with Crippen LogP contribution in [0.3, 0.4) is 0 Å². The topological polar surface area (TPSA) is 40.9 Å². The van der Waals surface area contributed by atoms with Gasteiger partial charge in [0.05, 0.1) is 6.07 Å². The Kier molecular flexibility index (Phi) is 2.62. The Bertz CT molecular complexity index is 130. The molecule has 0 radical (unpaired) electrons. The second kappa shape index (κ2) is 3.10. The van der Waals surface area contributed by atoms with Gasteiger partial charge in [0, 0.05) is 6.08 Å². The molecule has 0 aromatic carbocycles. The first kappa shape index (κ1) is 5.90. The zero-order valence-corrected chi connectivity index (χ0v) is 4.01. The van der Waals surface area contributed by atoms with Gasteiger partial charge in [-0.05, 0) is 12.5 Å². The number of hydrogen-bond donors (Lipinski definition) is 0. The molecule has 0 amide bonds. The summed E-state index contributed by atoms with van der Waals surface area (Å²) in [5.41, 5.74) is 0.461. The second-order valence-electron chi connectivity index (χ2n) is 1.14. The van der Waals surface area contributed by atoms with Crippen LogP contribution in [-0.4, -0.2) is 6.29 Å². The molecule has 0 heterocycles. The van der Waals surface area contributed by atoms with Crippen molar-refractivity contribution in [3.05, 3.63) is 11.6 Å². The summed E-state index contributed by atoms with van der Waals surface area (Å²) in [6.07, 6.45) is 1.84. The molecule has 0 aliphatic heterocycles. The molecule has 0 saturated carbocycles. The lowest BCUT2D eigenvalue weighted by Crippen LogP contribution is -1.71. The first-order valence-electron chi connectivity index (χ1n) is 1.83. The molecule has 0 aliphatic rings. The van der Waals surface area contributed by atoms with E-state index < -0.39 is 0 Å². The lowest BCUT2D eigenvalue weighted by Gasteiger charge is -1.71. The standard InChI is InChI=1S/C5H5NO/c1-5(4-7)2-3-6/h2,4H,1H3/b5-2-. The molecule has 0 unspecified atom stereocenters. The number of nitriles is 1. The van der Waals surface area contributed by atoms with Crippen molar-refractivity contribution in [1.29, 1.82) is 5.26 Å². The molecule has 0 aromatic heterocycles. The van der Waals surface area contributed by atoms with Gasteiger partial charge < -0.3 is 0 Å². The van der Waals surface area contributed by atoms with E-state index in [0.717, 1.165) is 0 Å². The van der Waals surface area contributed by atoms with Gasteiger partial charge in [-0.15, -0.1) is 0 Å². The maximum atomic E-state index is 9.68. The largest absolute Gasteiger partial charge is 0.298 e. The van der Waals surface area contributed by atoms with Crippen molar-refractivity contribution in [2.24, 2.45) is 0 Å². The lowest BCUT2D eigenvalue weighted by molar-refractivity contribution is -0.104. The molecule has 0 aromatic rings. The number of rotatable bonds is 1. The fourth-order valence-electron chi connectivity index (χ4n) is 0.136. The van der Waals surface area contributed by atoms with Crippen LogP contribution in [-0.2, 0) is 4.79 Å². The third-order valence-electron chi connectivity index (χ3n) is 0.478. The van der Waals surface area contributed by atoms with Crippen LogP contribution in [0.25, 0.3) is 0 Å². The highest BCUT2D eigenvalue weighted by atomic mass is 16.1. The van der Waals surface area contributed by atoms with E-state index in [1.165, 1.54) is 6.08 Å². The minimum Gasteiger partial charge on any atom is -0.298 e. The van der Waals surface area contributed by atoms with Gasteiger partial charge in [-0.3, -0.25) is 4.79 Å². The molecule has 0 spiro atoms. The van der Waals surface area contributed by atoms with Crippen LogP contribution >= 0.6 is 0 Å². The van der Waals surface area contributed by atoms with E-state index >= 15 is 0 Å². The second-order valence-corrected chi connectivity index (χ2v) is 1.14. The Morgan fingerprint density at radius 2 is 2.43 bits per heavy atom. The molecule has 7 heavy (non-hydrogen) atoms. The van der Waals surface area contributed by atoms with Gasteiger partial charge >= 0.3 is 0 Å². The van der Waals surface area contributed by atoms with Crippen LogP contribution in [0.5, 0.6) is 0 Å². The predicted octanol–water partition coefficient (Wildman–Crippen LogP) is 0.655. The smallest absolute Gasteiger partial charge is 0.146 e. The van der Waals surface area contributed by atoms with Crippen LogP contribution in [0, 0.1) is 11.3 Å². The van der Waals surface area contributed by atoms with E-state index in [1.807, 2.05) is 0 Å². The zero-order chi connectivity index (χ0) is 5.70. The van der Waals surface area contributed by atoms with Crippen LogP contribution in [0.1, 0.15) is 6.92 Å². The number of nitrogens with zero attached hydrogens (tertiary/aromatic N) is 1. The first-order valence-corrected chi connectivity index (χ1v) is 1.83. The minimum absolute atomic E-state index is 0.461. The Hall–Kier alpha value is -1.10. The molecule has 2 heteroatoms. The molecule has 0 fully saturated rings. The van der Waals surface area contributed by atoms with Gasteiger partial charge in [-0.25, -0.2) is 0 Å². The van der Waals surface area contributed by atoms with E-state index in [2.05, 4.69) is 0 Å². The summed E-state index contributed by atoms with van der Waals surface area (Å²) in [6, 6.07) is 1.73. The van der Waals surface area contributed by atoms with Gasteiger partial charge in [-0.1, -0.05) is 0 Å². The van der Waals surface area contributed by atoms with E-state index in [0.29, 0.717) is 11.9 Å². The van der Waals surface area contributed by atoms with Crippen molar-refractivity contribution in [3.8, 4) is 6.07 Å². The fraction of sp³-hybridized carbons (Fsp3) is 0.200. The van der Waals surface area contributed by atoms with Crippen LogP contribution in [0.2, 0.25) is 0 Å². The van der Waals surface area contributed by atoms with Crippen molar-refractivity contribution in [2.75, 3.05) is 0 Å². The van der Waals surface area contributed by atoms with E-state index in [4.69, 9.17) is 5.26 Å². The molecule has 0 rings (SSSR count). The Balaban J connectivity index is 3.80. The average molecular weight is 95.1 g/mol. The zero-order valence-electron chi connectivity index (χ0n) is 4.01. The maximum Gasteiger partial charge on any atom is 0.146 e. The summed E-state index contributed by atoms with van der Waals surface area (Å²) in [5, 5.41) is 7.88. The number of carbonyl (C=O) groups is 1. The van der Waals surface area contributed by atoms with Gasteiger partial charge in [0.2, 0.25) is 0 Å². The molecule has 2 nitrogen and oxygen atoms in total. The summed E-state index contributed by atoms with van der Waals surface area (Å²) >= 11 is 0. The highest BCUT2D eigenvalue weighted by Crippen LogP contribution is 1.80. The number of aldehydes is 1. The van der Waals surface area contributed by atoms with Crippen LogP contribution in [0.15, 0.2) is 11.6 Å². The summed E-state index contributed by atoms with van der Waals surface area (Å²) in [6.45, 7) is 1.58.